The summed E-state index contributed by atoms with van der Waals surface area (Å²) in [6, 6.07) is 10.8. The van der Waals surface area contributed by atoms with E-state index >= 15 is 0 Å². The number of methoxy groups -OCH3 is 1. The summed E-state index contributed by atoms with van der Waals surface area (Å²) in [6.45, 7) is 3.26. The van der Waals surface area contributed by atoms with Gasteiger partial charge in [-0.25, -0.2) is 12.8 Å². The largest absolute Gasteiger partial charge is 0.496 e. The van der Waals surface area contributed by atoms with Crippen molar-refractivity contribution in [3.63, 3.8) is 0 Å². The maximum Gasteiger partial charge on any atom is 0.244 e. The molecule has 2 atom stereocenters. The smallest absolute Gasteiger partial charge is 0.244 e. The molecule has 146 valence electrons. The van der Waals surface area contributed by atoms with E-state index in [9.17, 15) is 17.6 Å². The highest BCUT2D eigenvalue weighted by Gasteiger charge is 2.30. The van der Waals surface area contributed by atoms with Crippen LogP contribution in [0.1, 0.15) is 25.5 Å². The number of carbonyl (C=O) groups excluding carboxylic acids is 1. The molecule has 6 nitrogen and oxygen atoms in total. The Morgan fingerprint density at radius 2 is 1.70 bits per heavy atom. The van der Waals surface area contributed by atoms with Crippen LogP contribution in [0.5, 0.6) is 5.75 Å². The molecule has 0 heterocycles. The van der Waals surface area contributed by atoms with Gasteiger partial charge in [0.15, 0.2) is 0 Å². The van der Waals surface area contributed by atoms with E-state index in [1.165, 1.54) is 26.2 Å². The number of rotatable bonds is 7. The first kappa shape index (κ1) is 20.7. The SMILES string of the molecule is COc1ccccc1C(C)NC(=O)C(C)N(c1ccc(F)cc1)S(C)(=O)=O. The van der Waals surface area contributed by atoms with E-state index in [1.807, 2.05) is 18.2 Å². The van der Waals surface area contributed by atoms with Gasteiger partial charge >= 0.3 is 0 Å². The Labute approximate surface area is 159 Å². The summed E-state index contributed by atoms with van der Waals surface area (Å²) in [6.07, 6.45) is 1.00. The van der Waals surface area contributed by atoms with Gasteiger partial charge in [0, 0.05) is 5.56 Å². The summed E-state index contributed by atoms with van der Waals surface area (Å²) in [5, 5.41) is 2.81. The van der Waals surface area contributed by atoms with Crippen LogP contribution < -0.4 is 14.4 Å². The molecule has 0 fully saturated rings. The Bertz CT molecular complexity index is 900. The quantitative estimate of drug-likeness (QED) is 0.784. The number of hydrogen-bond acceptors (Lipinski definition) is 4. The second-order valence-corrected chi connectivity index (χ2v) is 8.04. The molecular formula is C19H23FN2O4S. The number of amides is 1. The molecule has 0 aromatic heterocycles. The van der Waals surface area contributed by atoms with Crippen LogP contribution in [0.3, 0.4) is 0 Å². The number of nitrogens with one attached hydrogen (secondary N) is 1. The van der Waals surface area contributed by atoms with Gasteiger partial charge < -0.3 is 10.1 Å². The van der Waals surface area contributed by atoms with Gasteiger partial charge in [0.05, 0.1) is 25.1 Å². The molecule has 2 aromatic carbocycles. The predicted octanol–water partition coefficient (Wildman–Crippen LogP) is 2.87. The summed E-state index contributed by atoms with van der Waals surface area (Å²) in [5.74, 6) is -0.353. The van der Waals surface area contributed by atoms with Crippen molar-refractivity contribution in [2.75, 3.05) is 17.7 Å². The zero-order valence-electron chi connectivity index (χ0n) is 15.6. The number of anilines is 1. The fourth-order valence-electron chi connectivity index (χ4n) is 2.83. The van der Waals surface area contributed by atoms with Gasteiger partial charge in [0.1, 0.15) is 17.6 Å². The van der Waals surface area contributed by atoms with Crippen LogP contribution in [0.15, 0.2) is 48.5 Å². The van der Waals surface area contributed by atoms with E-state index in [0.717, 1.165) is 28.3 Å². The third-order valence-electron chi connectivity index (χ3n) is 4.13. The lowest BCUT2D eigenvalue weighted by Crippen LogP contribution is -2.48. The molecule has 0 radical (unpaired) electrons. The lowest BCUT2D eigenvalue weighted by Gasteiger charge is -2.29. The first-order valence-electron chi connectivity index (χ1n) is 8.33. The molecule has 0 saturated carbocycles. The van der Waals surface area contributed by atoms with Gasteiger partial charge in [0.25, 0.3) is 0 Å². The molecule has 8 heteroatoms. The molecular weight excluding hydrogens is 371 g/mol. The van der Waals surface area contributed by atoms with Crippen molar-refractivity contribution in [1.82, 2.24) is 5.32 Å². The maximum absolute atomic E-state index is 13.2. The van der Waals surface area contributed by atoms with E-state index in [1.54, 1.807) is 13.0 Å². The fraction of sp³-hybridized carbons (Fsp3) is 0.316. The topological polar surface area (TPSA) is 75.7 Å². The van der Waals surface area contributed by atoms with Crippen molar-refractivity contribution >= 4 is 21.6 Å². The van der Waals surface area contributed by atoms with E-state index in [-0.39, 0.29) is 5.69 Å². The third kappa shape index (κ3) is 4.97. The number of nitrogens with zero attached hydrogens (tertiary/aromatic N) is 1. The Balaban J connectivity index is 2.26. The lowest BCUT2D eigenvalue weighted by atomic mass is 10.1. The third-order valence-corrected chi connectivity index (χ3v) is 5.38. The highest BCUT2D eigenvalue weighted by Crippen LogP contribution is 2.25. The van der Waals surface area contributed by atoms with Gasteiger partial charge in [-0.15, -0.1) is 0 Å². The van der Waals surface area contributed by atoms with Crippen LogP contribution in [0.4, 0.5) is 10.1 Å². The summed E-state index contributed by atoms with van der Waals surface area (Å²) in [7, 11) is -2.23. The van der Waals surface area contributed by atoms with Gasteiger partial charge in [0.2, 0.25) is 15.9 Å². The van der Waals surface area contributed by atoms with Gasteiger partial charge in [-0.3, -0.25) is 9.10 Å². The molecule has 0 spiro atoms. The summed E-state index contributed by atoms with van der Waals surface area (Å²) in [4.78, 5) is 12.7. The summed E-state index contributed by atoms with van der Waals surface area (Å²) >= 11 is 0. The first-order valence-corrected chi connectivity index (χ1v) is 10.2. The Morgan fingerprint density at radius 3 is 2.26 bits per heavy atom. The second-order valence-electron chi connectivity index (χ2n) is 6.18. The molecule has 0 bridgehead atoms. The highest BCUT2D eigenvalue weighted by molar-refractivity contribution is 7.92. The van der Waals surface area contributed by atoms with E-state index in [2.05, 4.69) is 5.32 Å². The normalized spacial score (nSPS) is 13.5. The van der Waals surface area contributed by atoms with Crippen molar-refractivity contribution in [2.45, 2.75) is 25.9 Å². The number of ether oxygens (including phenoxy) is 1. The molecule has 1 amide bonds. The minimum absolute atomic E-state index is 0.214. The van der Waals surface area contributed by atoms with Crippen molar-refractivity contribution in [1.29, 1.82) is 0 Å². The minimum atomic E-state index is -3.76. The Hall–Kier alpha value is -2.61. The molecule has 0 aliphatic heterocycles. The van der Waals surface area contributed by atoms with Gasteiger partial charge in [-0.05, 0) is 44.2 Å². The number of halogens is 1. The molecule has 0 saturated heterocycles. The number of benzene rings is 2. The standard InChI is InChI=1S/C19H23FN2O4S/c1-13(17-7-5-6-8-18(17)26-3)21-19(23)14(2)22(27(4,24)25)16-11-9-15(20)10-12-16/h5-14H,1-4H3,(H,21,23). The number of sulfonamides is 1. The van der Waals surface area contributed by atoms with Gasteiger partial charge in [-0.2, -0.15) is 0 Å². The van der Waals surface area contributed by atoms with Crippen LogP contribution in [0.25, 0.3) is 0 Å². The van der Waals surface area contributed by atoms with Crippen molar-refractivity contribution in [3.8, 4) is 5.75 Å². The van der Waals surface area contributed by atoms with Crippen molar-refractivity contribution in [2.24, 2.45) is 0 Å². The zero-order chi connectivity index (χ0) is 20.2. The molecule has 2 rings (SSSR count). The lowest BCUT2D eigenvalue weighted by molar-refractivity contribution is -0.122. The van der Waals surface area contributed by atoms with Crippen LogP contribution in [0.2, 0.25) is 0 Å². The minimum Gasteiger partial charge on any atom is -0.496 e. The average molecular weight is 394 g/mol. The second kappa shape index (κ2) is 8.39. The molecule has 27 heavy (non-hydrogen) atoms. The molecule has 2 aromatic rings. The van der Waals surface area contributed by atoms with Gasteiger partial charge in [-0.1, -0.05) is 18.2 Å². The summed E-state index contributed by atoms with van der Waals surface area (Å²) < 4.78 is 43.9. The first-order chi connectivity index (χ1) is 12.6. The Morgan fingerprint density at radius 1 is 1.11 bits per heavy atom. The number of carbonyl (C=O) groups is 1. The number of para-hydroxylation sites is 1. The van der Waals surface area contributed by atoms with Crippen LogP contribution in [0, 0.1) is 5.82 Å². The predicted molar refractivity (Wildman–Crippen MR) is 103 cm³/mol. The highest BCUT2D eigenvalue weighted by atomic mass is 32.2. The van der Waals surface area contributed by atoms with Crippen molar-refractivity contribution < 1.29 is 22.3 Å². The summed E-state index contributed by atoms with van der Waals surface area (Å²) in [5.41, 5.74) is 0.986. The maximum atomic E-state index is 13.2. The average Bonchev–Trinajstić information content (AvgIpc) is 2.62. The number of hydrogen-bond donors (Lipinski definition) is 1. The molecule has 0 aliphatic carbocycles. The van der Waals surface area contributed by atoms with Crippen LogP contribution >= 0.6 is 0 Å². The molecule has 0 aliphatic rings. The zero-order valence-corrected chi connectivity index (χ0v) is 16.5. The molecule has 2 unspecified atom stereocenters. The van der Waals surface area contributed by atoms with E-state index in [0.29, 0.717) is 5.75 Å². The van der Waals surface area contributed by atoms with Crippen molar-refractivity contribution in [3.05, 3.63) is 59.9 Å². The Kier molecular flexibility index (Phi) is 6.43. The molecule has 1 N–H and O–H groups in total. The van der Waals surface area contributed by atoms with E-state index < -0.39 is 33.8 Å². The van der Waals surface area contributed by atoms with Crippen LogP contribution in [-0.4, -0.2) is 33.7 Å². The van der Waals surface area contributed by atoms with Crippen LogP contribution in [-0.2, 0) is 14.8 Å². The van der Waals surface area contributed by atoms with E-state index in [4.69, 9.17) is 4.74 Å². The monoisotopic (exact) mass is 394 g/mol. The fourth-order valence-corrected chi connectivity index (χ4v) is 4.01.